The minimum atomic E-state index is -0.290. The van der Waals surface area contributed by atoms with Gasteiger partial charge in [-0.2, -0.15) is 0 Å². The molecule has 5 heteroatoms. The number of nitrogens with two attached hydrogens (primary N) is 1. The van der Waals surface area contributed by atoms with E-state index in [2.05, 4.69) is 0 Å². The van der Waals surface area contributed by atoms with Crippen LogP contribution in [0.2, 0.25) is 0 Å². The lowest BCUT2D eigenvalue weighted by molar-refractivity contribution is 0.600. The van der Waals surface area contributed by atoms with Gasteiger partial charge in [-0.1, -0.05) is 12.1 Å². The molecule has 0 spiro atoms. The van der Waals surface area contributed by atoms with Crippen molar-refractivity contribution in [2.24, 2.45) is 0 Å². The highest BCUT2D eigenvalue weighted by molar-refractivity contribution is 5.39. The van der Waals surface area contributed by atoms with Gasteiger partial charge in [0, 0.05) is 24.5 Å². The SMILES string of the molecule is CCn1ccc(=O)n(Cc2ccc(N)cc2)c1=O. The molecule has 0 atom stereocenters. The maximum atomic E-state index is 12.0. The number of anilines is 1. The molecule has 0 fully saturated rings. The monoisotopic (exact) mass is 245 g/mol. The second kappa shape index (κ2) is 4.91. The van der Waals surface area contributed by atoms with Gasteiger partial charge in [-0.3, -0.25) is 9.36 Å². The van der Waals surface area contributed by atoms with E-state index in [0.29, 0.717) is 12.2 Å². The first-order valence-electron chi connectivity index (χ1n) is 5.76. The summed E-state index contributed by atoms with van der Waals surface area (Å²) >= 11 is 0. The lowest BCUT2D eigenvalue weighted by Gasteiger charge is -2.08. The van der Waals surface area contributed by atoms with Crippen LogP contribution in [0.1, 0.15) is 12.5 Å². The van der Waals surface area contributed by atoms with Crippen LogP contribution in [-0.2, 0) is 13.1 Å². The Bertz CT molecular complexity index is 653. The molecule has 1 heterocycles. The van der Waals surface area contributed by atoms with Crippen molar-refractivity contribution in [3.8, 4) is 0 Å². The van der Waals surface area contributed by atoms with Gasteiger partial charge >= 0.3 is 5.69 Å². The topological polar surface area (TPSA) is 70.0 Å². The predicted molar refractivity (Wildman–Crippen MR) is 70.6 cm³/mol. The third-order valence-corrected chi connectivity index (χ3v) is 2.80. The maximum Gasteiger partial charge on any atom is 0.331 e. The van der Waals surface area contributed by atoms with Crippen LogP contribution in [0.5, 0.6) is 0 Å². The van der Waals surface area contributed by atoms with Gasteiger partial charge in [0.25, 0.3) is 5.56 Å². The molecule has 94 valence electrons. The summed E-state index contributed by atoms with van der Waals surface area (Å²) in [5, 5.41) is 0. The van der Waals surface area contributed by atoms with Crippen molar-refractivity contribution in [2.45, 2.75) is 20.0 Å². The molecule has 1 aromatic heterocycles. The first kappa shape index (κ1) is 12.2. The largest absolute Gasteiger partial charge is 0.399 e. The fourth-order valence-electron chi connectivity index (χ4n) is 1.75. The molecule has 0 bridgehead atoms. The summed E-state index contributed by atoms with van der Waals surface area (Å²) in [4.78, 5) is 23.7. The van der Waals surface area contributed by atoms with Crippen molar-refractivity contribution in [1.29, 1.82) is 0 Å². The highest BCUT2D eigenvalue weighted by Crippen LogP contribution is 2.05. The standard InChI is InChI=1S/C13H15N3O2/c1-2-15-8-7-12(17)16(13(15)18)9-10-3-5-11(14)6-4-10/h3-8H,2,9,14H2,1H3. The van der Waals surface area contributed by atoms with Crippen molar-refractivity contribution >= 4 is 5.69 Å². The molecule has 0 unspecified atom stereocenters. The van der Waals surface area contributed by atoms with E-state index in [0.717, 1.165) is 5.56 Å². The van der Waals surface area contributed by atoms with Gasteiger partial charge in [-0.05, 0) is 24.6 Å². The Morgan fingerprint density at radius 2 is 1.78 bits per heavy atom. The van der Waals surface area contributed by atoms with Crippen LogP contribution in [-0.4, -0.2) is 9.13 Å². The van der Waals surface area contributed by atoms with E-state index >= 15 is 0 Å². The number of rotatable bonds is 3. The van der Waals surface area contributed by atoms with Crippen LogP contribution in [0.3, 0.4) is 0 Å². The molecule has 2 aromatic rings. The predicted octanol–water partition coefficient (Wildman–Crippen LogP) is 0.660. The minimum Gasteiger partial charge on any atom is -0.399 e. The quantitative estimate of drug-likeness (QED) is 0.808. The molecule has 2 N–H and O–H groups in total. The van der Waals surface area contributed by atoms with Gasteiger partial charge in [-0.15, -0.1) is 0 Å². The third kappa shape index (κ3) is 2.34. The van der Waals surface area contributed by atoms with E-state index in [1.807, 2.05) is 19.1 Å². The molecule has 0 saturated carbocycles. The van der Waals surface area contributed by atoms with Crippen molar-refractivity contribution in [3.05, 3.63) is 62.9 Å². The lowest BCUT2D eigenvalue weighted by atomic mass is 10.2. The van der Waals surface area contributed by atoms with E-state index < -0.39 is 0 Å². The fraction of sp³-hybridized carbons (Fsp3) is 0.231. The number of nitrogens with zero attached hydrogens (tertiary/aromatic N) is 2. The minimum absolute atomic E-state index is 0.263. The summed E-state index contributed by atoms with van der Waals surface area (Å²) < 4.78 is 2.72. The number of aromatic nitrogens is 2. The Labute approximate surface area is 104 Å². The molecule has 0 amide bonds. The van der Waals surface area contributed by atoms with Crippen LogP contribution in [0, 0.1) is 0 Å². The molecule has 2 rings (SSSR count). The van der Waals surface area contributed by atoms with E-state index in [4.69, 9.17) is 5.73 Å². The normalized spacial score (nSPS) is 10.5. The highest BCUT2D eigenvalue weighted by Gasteiger charge is 2.04. The summed E-state index contributed by atoms with van der Waals surface area (Å²) in [7, 11) is 0. The number of hydrogen-bond acceptors (Lipinski definition) is 3. The zero-order chi connectivity index (χ0) is 13.1. The van der Waals surface area contributed by atoms with Crippen LogP contribution >= 0.6 is 0 Å². The van der Waals surface area contributed by atoms with Gasteiger partial charge in [0.05, 0.1) is 6.54 Å². The van der Waals surface area contributed by atoms with Gasteiger partial charge < -0.3 is 10.3 Å². The molecule has 18 heavy (non-hydrogen) atoms. The summed E-state index contributed by atoms with van der Waals surface area (Å²) in [5.41, 5.74) is 6.54. The molecule has 1 aromatic carbocycles. The molecule has 0 aliphatic rings. The average molecular weight is 245 g/mol. The number of hydrogen-bond donors (Lipinski definition) is 1. The Hall–Kier alpha value is -2.30. The zero-order valence-electron chi connectivity index (χ0n) is 10.2. The highest BCUT2D eigenvalue weighted by atomic mass is 16.2. The maximum absolute atomic E-state index is 12.0. The van der Waals surface area contributed by atoms with Gasteiger partial charge in [0.1, 0.15) is 0 Å². The average Bonchev–Trinajstić information content (AvgIpc) is 2.37. The van der Waals surface area contributed by atoms with Gasteiger partial charge in [0.15, 0.2) is 0 Å². The smallest absolute Gasteiger partial charge is 0.331 e. The molecular weight excluding hydrogens is 230 g/mol. The van der Waals surface area contributed by atoms with E-state index in [-0.39, 0.29) is 17.8 Å². The Morgan fingerprint density at radius 3 is 2.39 bits per heavy atom. The second-order valence-electron chi connectivity index (χ2n) is 4.05. The van der Waals surface area contributed by atoms with Crippen molar-refractivity contribution in [3.63, 3.8) is 0 Å². The number of nitrogen functional groups attached to an aromatic ring is 1. The molecule has 0 radical (unpaired) electrons. The molecule has 0 saturated heterocycles. The molecule has 0 aliphatic heterocycles. The van der Waals surface area contributed by atoms with Crippen molar-refractivity contribution < 1.29 is 0 Å². The zero-order valence-corrected chi connectivity index (χ0v) is 10.2. The lowest BCUT2D eigenvalue weighted by Crippen LogP contribution is -2.38. The molecular formula is C13H15N3O2. The summed E-state index contributed by atoms with van der Waals surface area (Å²) in [5.74, 6) is 0. The van der Waals surface area contributed by atoms with Crippen molar-refractivity contribution in [1.82, 2.24) is 9.13 Å². The Morgan fingerprint density at radius 1 is 1.11 bits per heavy atom. The Balaban J connectivity index is 2.43. The van der Waals surface area contributed by atoms with Crippen LogP contribution in [0.15, 0.2) is 46.1 Å². The van der Waals surface area contributed by atoms with E-state index in [1.165, 1.54) is 21.4 Å². The fourth-order valence-corrected chi connectivity index (χ4v) is 1.75. The van der Waals surface area contributed by atoms with Gasteiger partial charge in [0.2, 0.25) is 0 Å². The molecule has 0 aliphatic carbocycles. The number of benzene rings is 1. The molecule has 5 nitrogen and oxygen atoms in total. The summed E-state index contributed by atoms with van der Waals surface area (Å²) in [6.07, 6.45) is 1.52. The first-order valence-corrected chi connectivity index (χ1v) is 5.76. The van der Waals surface area contributed by atoms with Crippen molar-refractivity contribution in [2.75, 3.05) is 5.73 Å². The first-order chi connectivity index (χ1) is 8.61. The third-order valence-electron chi connectivity index (χ3n) is 2.80. The summed E-state index contributed by atoms with van der Waals surface area (Å²) in [6, 6.07) is 8.53. The van der Waals surface area contributed by atoms with E-state index in [9.17, 15) is 9.59 Å². The second-order valence-corrected chi connectivity index (χ2v) is 4.05. The van der Waals surface area contributed by atoms with Crippen LogP contribution in [0.4, 0.5) is 5.69 Å². The van der Waals surface area contributed by atoms with E-state index in [1.54, 1.807) is 12.1 Å². The summed E-state index contributed by atoms with van der Waals surface area (Å²) in [6.45, 7) is 2.67. The number of aryl methyl sites for hydroxylation is 1. The van der Waals surface area contributed by atoms with Crippen LogP contribution in [0.25, 0.3) is 0 Å². The van der Waals surface area contributed by atoms with Gasteiger partial charge in [-0.25, -0.2) is 4.79 Å². The van der Waals surface area contributed by atoms with Crippen LogP contribution < -0.4 is 17.0 Å². The Kier molecular flexibility index (Phi) is 3.32.